The molecule has 2 nitrogen and oxygen atoms in total. The normalized spacial score (nSPS) is 10.8. The maximum atomic E-state index is 13.4. The Hall–Kier alpha value is -1.89. The highest BCUT2D eigenvalue weighted by molar-refractivity contribution is 7.99. The van der Waals surface area contributed by atoms with Gasteiger partial charge in [-0.1, -0.05) is 17.8 Å². The summed E-state index contributed by atoms with van der Waals surface area (Å²) < 4.78 is 61.3. The van der Waals surface area contributed by atoms with Crippen molar-refractivity contribution in [3.05, 3.63) is 53.6 Å². The molecule has 0 aliphatic rings. The van der Waals surface area contributed by atoms with Crippen molar-refractivity contribution in [3.8, 4) is 11.5 Å². The van der Waals surface area contributed by atoms with Gasteiger partial charge in [-0.2, -0.15) is 8.78 Å². The van der Waals surface area contributed by atoms with Crippen LogP contribution in [0.1, 0.15) is 5.56 Å². The third kappa shape index (κ3) is 4.30. The van der Waals surface area contributed by atoms with Crippen LogP contribution in [0.4, 0.5) is 17.6 Å². The first-order valence-electron chi connectivity index (χ1n) is 6.19. The Balaban J connectivity index is 2.09. The van der Waals surface area contributed by atoms with Gasteiger partial charge >= 0.3 is 0 Å². The molecule has 118 valence electrons. The van der Waals surface area contributed by atoms with Crippen LogP contribution in [0, 0.1) is 11.6 Å². The second-order valence-electron chi connectivity index (χ2n) is 4.23. The molecule has 0 saturated carbocycles. The summed E-state index contributed by atoms with van der Waals surface area (Å²) in [6, 6.07) is 7.58. The summed E-state index contributed by atoms with van der Waals surface area (Å²) >= 11 is 0.376. The lowest BCUT2D eigenvalue weighted by atomic mass is 10.2. The van der Waals surface area contributed by atoms with Crippen molar-refractivity contribution in [2.75, 3.05) is 7.11 Å². The van der Waals surface area contributed by atoms with Gasteiger partial charge in [0.25, 0.3) is 5.76 Å². The molecule has 2 aromatic carbocycles. The van der Waals surface area contributed by atoms with Crippen molar-refractivity contribution in [2.45, 2.75) is 17.3 Å². The molecule has 0 aromatic heterocycles. The summed E-state index contributed by atoms with van der Waals surface area (Å²) in [4.78, 5) is 0.300. The molecule has 0 N–H and O–H groups in total. The minimum atomic E-state index is -2.55. The number of ether oxygens (including phenoxy) is 2. The number of thioether (sulfide) groups is 1. The maximum absolute atomic E-state index is 13.4. The highest BCUT2D eigenvalue weighted by Crippen LogP contribution is 2.34. The highest BCUT2D eigenvalue weighted by atomic mass is 32.2. The standard InChI is InChI=1S/C15H12F4O2S/c1-20-13-6-9(2-5-14(13)22-15(18)19)8-21-12-4-3-10(16)7-11(12)17/h2-7,15H,8H2,1H3. The maximum Gasteiger partial charge on any atom is 0.289 e. The summed E-state index contributed by atoms with van der Waals surface area (Å²) in [5.41, 5.74) is 0.610. The Morgan fingerprint density at radius 3 is 2.45 bits per heavy atom. The number of methoxy groups -OCH3 is 1. The molecule has 0 heterocycles. The molecule has 7 heteroatoms. The van der Waals surface area contributed by atoms with E-state index in [9.17, 15) is 17.6 Å². The van der Waals surface area contributed by atoms with Crippen LogP contribution in [-0.4, -0.2) is 12.9 Å². The smallest absolute Gasteiger partial charge is 0.289 e. The van der Waals surface area contributed by atoms with Gasteiger partial charge in [0.1, 0.15) is 18.2 Å². The summed E-state index contributed by atoms with van der Waals surface area (Å²) in [6.07, 6.45) is 0. The molecular weight excluding hydrogens is 320 g/mol. The topological polar surface area (TPSA) is 18.5 Å². The minimum absolute atomic E-state index is 0.00145. The van der Waals surface area contributed by atoms with Crippen LogP contribution in [0.5, 0.6) is 11.5 Å². The molecule has 2 rings (SSSR count). The van der Waals surface area contributed by atoms with Crippen LogP contribution in [0.25, 0.3) is 0 Å². The fourth-order valence-corrected chi connectivity index (χ4v) is 2.35. The number of alkyl halides is 2. The van der Waals surface area contributed by atoms with Gasteiger partial charge in [-0.05, 0) is 29.8 Å². The summed E-state index contributed by atoms with van der Waals surface area (Å²) in [5.74, 6) is -3.86. The van der Waals surface area contributed by atoms with Gasteiger partial charge in [0, 0.05) is 6.07 Å². The largest absolute Gasteiger partial charge is 0.496 e. The zero-order chi connectivity index (χ0) is 16.1. The van der Waals surface area contributed by atoms with Crippen LogP contribution >= 0.6 is 11.8 Å². The SMILES string of the molecule is COc1cc(COc2ccc(F)cc2F)ccc1SC(F)F. The average molecular weight is 332 g/mol. The van der Waals surface area contributed by atoms with E-state index in [-0.39, 0.29) is 18.1 Å². The predicted octanol–water partition coefficient (Wildman–Crippen LogP) is 4.87. The predicted molar refractivity (Wildman–Crippen MR) is 75.5 cm³/mol. The molecule has 0 amide bonds. The van der Waals surface area contributed by atoms with Crippen LogP contribution in [0.3, 0.4) is 0 Å². The Kier molecular flexibility index (Phi) is 5.54. The monoisotopic (exact) mass is 332 g/mol. The van der Waals surface area contributed by atoms with Crippen LogP contribution in [-0.2, 0) is 6.61 Å². The van der Waals surface area contributed by atoms with E-state index in [0.717, 1.165) is 12.1 Å². The fraction of sp³-hybridized carbons (Fsp3) is 0.200. The Morgan fingerprint density at radius 1 is 1.05 bits per heavy atom. The van der Waals surface area contributed by atoms with E-state index in [1.54, 1.807) is 6.07 Å². The van der Waals surface area contributed by atoms with Crippen molar-refractivity contribution in [2.24, 2.45) is 0 Å². The highest BCUT2D eigenvalue weighted by Gasteiger charge is 2.12. The molecule has 0 spiro atoms. The van der Waals surface area contributed by atoms with Gasteiger partial charge in [-0.3, -0.25) is 0 Å². The molecule has 0 fully saturated rings. The van der Waals surface area contributed by atoms with E-state index in [0.29, 0.717) is 22.2 Å². The number of hydrogen-bond acceptors (Lipinski definition) is 3. The molecule has 22 heavy (non-hydrogen) atoms. The second-order valence-corrected chi connectivity index (χ2v) is 5.26. The first-order chi connectivity index (χ1) is 10.5. The van der Waals surface area contributed by atoms with E-state index >= 15 is 0 Å². The van der Waals surface area contributed by atoms with Crippen molar-refractivity contribution in [3.63, 3.8) is 0 Å². The lowest BCUT2D eigenvalue weighted by Crippen LogP contribution is -1.99. The van der Waals surface area contributed by atoms with Gasteiger partial charge in [0.2, 0.25) is 0 Å². The zero-order valence-electron chi connectivity index (χ0n) is 11.5. The molecule has 0 unspecified atom stereocenters. The third-order valence-corrected chi connectivity index (χ3v) is 3.50. The summed E-state index contributed by atoms with van der Waals surface area (Å²) in [7, 11) is 1.37. The molecule has 0 saturated heterocycles. The van der Waals surface area contributed by atoms with Crippen LogP contribution < -0.4 is 9.47 Å². The minimum Gasteiger partial charge on any atom is -0.496 e. The van der Waals surface area contributed by atoms with Crippen molar-refractivity contribution >= 4 is 11.8 Å². The number of rotatable bonds is 6. The van der Waals surface area contributed by atoms with Crippen molar-refractivity contribution in [1.82, 2.24) is 0 Å². The fourth-order valence-electron chi connectivity index (χ4n) is 1.75. The quantitative estimate of drug-likeness (QED) is 0.555. The summed E-state index contributed by atoms with van der Waals surface area (Å²) in [6.45, 7) is -0.00145. The van der Waals surface area contributed by atoms with Crippen molar-refractivity contribution < 1.29 is 27.0 Å². The van der Waals surface area contributed by atoms with Crippen LogP contribution in [0.2, 0.25) is 0 Å². The van der Waals surface area contributed by atoms with E-state index in [1.807, 2.05) is 0 Å². The molecule has 0 atom stereocenters. The molecule has 0 aliphatic heterocycles. The van der Waals surface area contributed by atoms with Crippen molar-refractivity contribution in [1.29, 1.82) is 0 Å². The van der Waals surface area contributed by atoms with Gasteiger partial charge in [-0.25, -0.2) is 8.78 Å². The van der Waals surface area contributed by atoms with E-state index in [2.05, 4.69) is 0 Å². The number of hydrogen-bond donors (Lipinski definition) is 0. The number of halogens is 4. The molecule has 0 aliphatic carbocycles. The number of benzene rings is 2. The van der Waals surface area contributed by atoms with Crippen LogP contribution in [0.15, 0.2) is 41.3 Å². The lowest BCUT2D eigenvalue weighted by molar-refractivity contribution is 0.251. The lowest BCUT2D eigenvalue weighted by Gasteiger charge is -2.11. The molecule has 0 bridgehead atoms. The average Bonchev–Trinajstić information content (AvgIpc) is 2.47. The third-order valence-electron chi connectivity index (χ3n) is 2.73. The first kappa shape index (κ1) is 16.5. The van der Waals surface area contributed by atoms with E-state index in [4.69, 9.17) is 9.47 Å². The van der Waals surface area contributed by atoms with Gasteiger partial charge in [0.05, 0.1) is 12.0 Å². The first-order valence-corrected chi connectivity index (χ1v) is 7.07. The molecule has 0 radical (unpaired) electrons. The van der Waals surface area contributed by atoms with Gasteiger partial charge in [0.15, 0.2) is 11.6 Å². The van der Waals surface area contributed by atoms with E-state index < -0.39 is 17.4 Å². The van der Waals surface area contributed by atoms with E-state index in [1.165, 1.54) is 25.3 Å². The Labute approximate surface area is 129 Å². The molecule has 2 aromatic rings. The molecular formula is C15H12F4O2S. The van der Waals surface area contributed by atoms with Gasteiger partial charge in [-0.15, -0.1) is 0 Å². The second kappa shape index (κ2) is 7.40. The Morgan fingerprint density at radius 2 is 1.82 bits per heavy atom. The Bertz CT molecular complexity index is 649. The summed E-state index contributed by atoms with van der Waals surface area (Å²) in [5, 5.41) is 0. The zero-order valence-corrected chi connectivity index (χ0v) is 12.3. The van der Waals surface area contributed by atoms with Gasteiger partial charge < -0.3 is 9.47 Å².